The van der Waals surface area contributed by atoms with Gasteiger partial charge in [0.05, 0.1) is 55.8 Å². The zero-order valence-corrected chi connectivity index (χ0v) is 62.1. The Kier molecular flexibility index (Phi) is 26.1. The van der Waals surface area contributed by atoms with Gasteiger partial charge in [-0.3, -0.25) is 33.7 Å². The van der Waals surface area contributed by atoms with Crippen molar-refractivity contribution in [2.75, 3.05) is 27.2 Å². The maximum absolute atomic E-state index is 16.3. The fourth-order valence-electron chi connectivity index (χ4n) is 16.3. The van der Waals surface area contributed by atoms with E-state index in [0.717, 1.165) is 78.9 Å². The van der Waals surface area contributed by atoms with E-state index in [0.29, 0.717) is 28.4 Å². The predicted molar refractivity (Wildman–Crippen MR) is 381 cm³/mol. The first-order valence-corrected chi connectivity index (χ1v) is 36.6. The number of nitrogens with one attached hydrogen (secondary N) is 1. The smallest absolute Gasteiger partial charge is 0.350 e. The number of fused-ring (bicyclic) bond motifs is 6. The van der Waals surface area contributed by atoms with E-state index in [2.05, 4.69) is 39.9 Å². The lowest BCUT2D eigenvalue weighted by atomic mass is 9.48. The summed E-state index contributed by atoms with van der Waals surface area (Å²) in [5.41, 5.74) is -0.287. The van der Waals surface area contributed by atoms with Crippen LogP contribution in [-0.2, 0) is 86.3 Å². The minimum absolute atomic E-state index is 0.0875. The first kappa shape index (κ1) is 77.9. The molecule has 550 valence electrons. The van der Waals surface area contributed by atoms with Gasteiger partial charge in [-0.1, -0.05) is 164 Å². The molecule has 0 aromatic heterocycles. The molecule has 2 bridgehead atoms. The molecule has 0 spiro atoms. The van der Waals surface area contributed by atoms with Crippen molar-refractivity contribution in [3.8, 4) is 11.5 Å². The van der Waals surface area contributed by atoms with Gasteiger partial charge >= 0.3 is 35.8 Å². The summed E-state index contributed by atoms with van der Waals surface area (Å²) in [7, 11) is 3.37. The van der Waals surface area contributed by atoms with Crippen LogP contribution in [0.1, 0.15) is 204 Å². The average Bonchev–Trinajstić information content (AvgIpc) is 0.678. The van der Waals surface area contributed by atoms with Gasteiger partial charge in [0.15, 0.2) is 17.5 Å². The molecule has 101 heavy (non-hydrogen) atoms. The van der Waals surface area contributed by atoms with Crippen molar-refractivity contribution in [3.63, 3.8) is 0 Å². The van der Waals surface area contributed by atoms with Gasteiger partial charge in [0, 0.05) is 51.1 Å². The van der Waals surface area contributed by atoms with Crippen LogP contribution >= 0.6 is 0 Å². The summed E-state index contributed by atoms with van der Waals surface area (Å²) in [6.07, 6.45) is 1.75. The molecule has 0 amide bonds. The highest BCUT2D eigenvalue weighted by molar-refractivity contribution is 5.95. The number of likely N-dealkylation sites (N-methyl/N-ethyl adjacent to an activating group) is 1. The number of aliphatic hydroxyl groups is 1. The largest absolute Gasteiger partial charge is 0.487 e. The van der Waals surface area contributed by atoms with Crippen LogP contribution in [0.2, 0.25) is 0 Å². The molecule has 19 heteroatoms. The first-order valence-electron chi connectivity index (χ1n) is 36.6. The third-order valence-corrected chi connectivity index (χ3v) is 22.0. The lowest BCUT2D eigenvalue weighted by molar-refractivity contribution is -0.346. The van der Waals surface area contributed by atoms with E-state index in [1.54, 1.807) is 63.2 Å². The molecule has 2 N–H and O–H groups in total. The lowest BCUT2D eigenvalue weighted by Gasteiger charge is -2.66. The molecule has 14 atom stereocenters. The average molecular weight is 1400 g/mol. The number of rotatable bonds is 32. The van der Waals surface area contributed by atoms with E-state index in [4.69, 9.17) is 42.6 Å². The number of benzene rings is 4. The summed E-state index contributed by atoms with van der Waals surface area (Å²) in [6.45, 7) is 22.5. The van der Waals surface area contributed by atoms with E-state index in [1.807, 2.05) is 81.4 Å². The normalized spacial score (nSPS) is 26.4. The Balaban J connectivity index is 1.00. The number of Topliss-reactive ketones (excluding diaryl/α,β-unsaturated/α-hetero) is 1. The number of hydrogen-bond acceptors (Lipinski definition) is 19. The van der Waals surface area contributed by atoms with Gasteiger partial charge in [0.25, 0.3) is 0 Å². The van der Waals surface area contributed by atoms with Crippen LogP contribution < -0.4 is 14.8 Å². The zero-order valence-electron chi connectivity index (χ0n) is 62.1. The van der Waals surface area contributed by atoms with Gasteiger partial charge in [-0.05, 0) is 144 Å². The van der Waals surface area contributed by atoms with E-state index in [-0.39, 0.29) is 50.3 Å². The Bertz CT molecular complexity index is 3600. The third kappa shape index (κ3) is 18.6. The summed E-state index contributed by atoms with van der Waals surface area (Å²) >= 11 is 0. The summed E-state index contributed by atoms with van der Waals surface area (Å²) in [4.78, 5) is 103. The number of esters is 6. The van der Waals surface area contributed by atoms with Crippen LogP contribution in [0, 0.1) is 49.9 Å². The number of carbonyl (C=O) groups excluding carboxylic acids is 7. The molecule has 3 fully saturated rings. The molecule has 2 saturated carbocycles. The molecule has 1 saturated heterocycles. The van der Waals surface area contributed by atoms with Crippen molar-refractivity contribution in [2.45, 2.75) is 258 Å². The van der Waals surface area contributed by atoms with E-state index in [9.17, 15) is 29.1 Å². The molecule has 4 aromatic carbocycles. The van der Waals surface area contributed by atoms with Crippen LogP contribution in [0.15, 0.2) is 102 Å². The molecule has 4 aromatic rings. The Morgan fingerprint density at radius 3 is 1.94 bits per heavy atom. The number of nitrogens with zero attached hydrogens (tertiary/aromatic N) is 1. The minimum atomic E-state index is -2.18. The number of ether oxygens (including phenoxy) is 9. The quantitative estimate of drug-likeness (QED) is 0.0200. The van der Waals surface area contributed by atoms with Crippen LogP contribution in [0.25, 0.3) is 0 Å². The highest BCUT2D eigenvalue weighted by atomic mass is 16.6. The Labute approximate surface area is 597 Å². The maximum Gasteiger partial charge on any atom is 0.350 e. The fourth-order valence-corrected chi connectivity index (χ4v) is 16.3. The van der Waals surface area contributed by atoms with E-state index >= 15 is 9.59 Å². The molecule has 3 aliphatic carbocycles. The van der Waals surface area contributed by atoms with Crippen molar-refractivity contribution in [3.05, 3.63) is 141 Å². The summed E-state index contributed by atoms with van der Waals surface area (Å²) in [5.74, 6) is -3.88. The number of hydrogen-bond donors (Lipinski definition) is 2. The van der Waals surface area contributed by atoms with Crippen LogP contribution in [-0.4, -0.2) is 132 Å². The highest BCUT2D eigenvalue weighted by Crippen LogP contribution is 2.62. The predicted octanol–water partition coefficient (Wildman–Crippen LogP) is 13.3. The van der Waals surface area contributed by atoms with Crippen molar-refractivity contribution in [2.24, 2.45) is 29.1 Å². The van der Waals surface area contributed by atoms with Gasteiger partial charge < -0.3 is 53.1 Å². The maximum atomic E-state index is 16.3. The van der Waals surface area contributed by atoms with Gasteiger partial charge in [-0.25, -0.2) is 4.79 Å². The molecule has 0 radical (unpaired) electrons. The Morgan fingerprint density at radius 1 is 0.723 bits per heavy atom. The Hall–Kier alpha value is -7.29. The second-order valence-corrected chi connectivity index (χ2v) is 30.8. The molecule has 5 aliphatic rings. The summed E-state index contributed by atoms with van der Waals surface area (Å²) in [5, 5.41) is 17.4. The second kappa shape index (κ2) is 33.9. The monoisotopic (exact) mass is 1390 g/mol. The van der Waals surface area contributed by atoms with Crippen LogP contribution in [0.4, 0.5) is 0 Å². The lowest BCUT2D eigenvalue weighted by Crippen LogP contribution is -2.80. The topological polar surface area (TPSA) is 238 Å². The van der Waals surface area contributed by atoms with Gasteiger partial charge in [0.1, 0.15) is 35.4 Å². The van der Waals surface area contributed by atoms with Crippen LogP contribution in [0.3, 0.4) is 0 Å². The minimum Gasteiger partial charge on any atom is -0.487 e. The standard InChI is InChI=1S/C82H110N2O17/c1-50(2)27-24-28-51(3)29-25-30-52(4)31-26-41-79(11)42-40-62-53(5)54(6)71(56(8)72(62)101-79)98-67(87)38-39-68(88)99-74(70(61-36-22-17-23-37-61)83-46-59-32-18-15-19-33-59)78(91)96-64-45-81(92)44-63(55(64)7)73(95-57(9)85)76(90)80(12)65(97-69(89)47-84(13)14)43-66-82(49-94-66,100-58(10)86)75(80)77(81)93-48-60-34-20-16-21-35-60/h15-23,32-37,50-52,64-66,70,73-75,77,83,92H,24-31,38-49H2,1-14H3/t51-,52-,64-,65-,66+,70-,73+,74+,75-,77-,79?,80+,81+,82-/m0/s1. The molecule has 19 nitrogen and oxygen atoms in total. The fraction of sp³-hybridized carbons (Fsp3) is 0.598. The SMILES string of the molecule is CC(=O)O[C@H]1C(=O)[C@]2(C)[C@@H](OC(=O)CN(C)C)C[C@H]3OC[C@@]3(OC(C)=O)[C@H]2[C@H](OCc2ccccc2)[C@@]2(O)CC1=C(C)[C@@H](OC(=O)[C@H](OC(=O)CCC(=O)Oc1c(C)c(C)c3c(c1C)OC(C)(CCC[C@@H](C)CCC[C@@H](C)CCCC(C)C)CC3)[C@@H](NCc1ccccc1)c1ccccc1)C2. The molecular formula is C82H110N2O17. The second-order valence-electron chi connectivity index (χ2n) is 30.8. The number of ketones is 1. The Morgan fingerprint density at radius 2 is 1.34 bits per heavy atom. The molecule has 9 rings (SSSR count). The molecule has 2 aliphatic heterocycles. The molecule has 1 unspecified atom stereocenters. The molecule has 2 heterocycles. The number of carbonyl (C=O) groups is 7. The highest BCUT2D eigenvalue weighted by Gasteiger charge is 2.76. The van der Waals surface area contributed by atoms with Gasteiger partial charge in [-0.15, -0.1) is 0 Å². The van der Waals surface area contributed by atoms with Crippen molar-refractivity contribution in [1.82, 2.24) is 10.2 Å². The van der Waals surface area contributed by atoms with Crippen molar-refractivity contribution >= 4 is 41.6 Å². The zero-order chi connectivity index (χ0) is 73.1. The molecular weight excluding hydrogens is 1280 g/mol. The first-order chi connectivity index (χ1) is 47.9. The van der Waals surface area contributed by atoms with Gasteiger partial charge in [-0.2, -0.15) is 0 Å². The van der Waals surface area contributed by atoms with Gasteiger partial charge in [0.2, 0.25) is 6.10 Å². The third-order valence-electron chi connectivity index (χ3n) is 22.0. The van der Waals surface area contributed by atoms with Crippen LogP contribution in [0.5, 0.6) is 11.5 Å². The summed E-state index contributed by atoms with van der Waals surface area (Å²) < 4.78 is 58.0. The van der Waals surface area contributed by atoms with E-state index < -0.39 is 132 Å². The van der Waals surface area contributed by atoms with E-state index in [1.165, 1.54) is 45.4 Å². The summed E-state index contributed by atoms with van der Waals surface area (Å²) in [6, 6.07) is 26.3. The van der Waals surface area contributed by atoms with Crippen molar-refractivity contribution < 1.29 is 81.3 Å². The van der Waals surface area contributed by atoms with Crippen molar-refractivity contribution in [1.29, 1.82) is 0 Å².